The number of ether oxygens (including phenoxy) is 1. The fourth-order valence-corrected chi connectivity index (χ4v) is 1.48. The quantitative estimate of drug-likeness (QED) is 0.854. The van der Waals surface area contributed by atoms with E-state index in [1.54, 1.807) is 6.92 Å². The maximum absolute atomic E-state index is 13.1. The number of hydrogen-bond acceptors (Lipinski definition) is 3. The highest BCUT2D eigenvalue weighted by Gasteiger charge is 2.21. The van der Waals surface area contributed by atoms with E-state index in [9.17, 15) is 14.0 Å². The number of hydrazine groups is 1. The van der Waals surface area contributed by atoms with E-state index in [4.69, 9.17) is 16.3 Å². The van der Waals surface area contributed by atoms with Crippen LogP contribution in [0.1, 0.15) is 6.92 Å². The van der Waals surface area contributed by atoms with Crippen LogP contribution in [0.3, 0.4) is 0 Å². The summed E-state index contributed by atoms with van der Waals surface area (Å²) < 4.78 is 17.9. The van der Waals surface area contributed by atoms with Crippen molar-refractivity contribution in [2.75, 3.05) is 25.7 Å². The van der Waals surface area contributed by atoms with Gasteiger partial charge in [0.15, 0.2) is 0 Å². The van der Waals surface area contributed by atoms with Crippen LogP contribution in [0, 0.1) is 5.82 Å². The van der Waals surface area contributed by atoms with Gasteiger partial charge in [-0.05, 0) is 25.1 Å². The van der Waals surface area contributed by atoms with E-state index in [1.807, 2.05) is 0 Å². The van der Waals surface area contributed by atoms with Gasteiger partial charge in [-0.3, -0.25) is 0 Å². The molecule has 0 aliphatic rings. The average molecular weight is 304 g/mol. The average Bonchev–Trinajstić information content (AvgIpc) is 2.39. The molecule has 3 amide bonds. The number of urea groups is 1. The van der Waals surface area contributed by atoms with E-state index in [-0.39, 0.29) is 17.3 Å². The van der Waals surface area contributed by atoms with Crippen molar-refractivity contribution < 1.29 is 18.7 Å². The second-order valence-electron chi connectivity index (χ2n) is 3.94. The van der Waals surface area contributed by atoms with Gasteiger partial charge in [-0.2, -0.15) is 5.01 Å². The third kappa shape index (κ3) is 3.99. The zero-order valence-corrected chi connectivity index (χ0v) is 12.1. The normalized spacial score (nSPS) is 9.85. The summed E-state index contributed by atoms with van der Waals surface area (Å²) in [6.45, 7) is 1.78. The van der Waals surface area contributed by atoms with Gasteiger partial charge < -0.3 is 9.64 Å². The van der Waals surface area contributed by atoms with Gasteiger partial charge in [-0.25, -0.2) is 19.4 Å². The van der Waals surface area contributed by atoms with Crippen LogP contribution < -0.4 is 10.4 Å². The van der Waals surface area contributed by atoms with Gasteiger partial charge in [0.1, 0.15) is 5.82 Å². The molecule has 0 saturated carbocycles. The fourth-order valence-electron chi connectivity index (χ4n) is 1.30. The molecule has 0 radical (unpaired) electrons. The lowest BCUT2D eigenvalue weighted by molar-refractivity contribution is 0.150. The summed E-state index contributed by atoms with van der Waals surface area (Å²) in [4.78, 5) is 24.7. The molecule has 0 fully saturated rings. The first-order valence-electron chi connectivity index (χ1n) is 5.76. The summed E-state index contributed by atoms with van der Waals surface area (Å²) >= 11 is 5.67. The molecule has 0 aromatic heterocycles. The Morgan fingerprint density at radius 1 is 1.40 bits per heavy atom. The van der Waals surface area contributed by atoms with Crippen molar-refractivity contribution in [2.45, 2.75) is 6.92 Å². The number of rotatable bonds is 2. The molecule has 0 heterocycles. The van der Waals surface area contributed by atoms with Crippen LogP contribution in [0.15, 0.2) is 18.2 Å². The predicted octanol–water partition coefficient (Wildman–Crippen LogP) is 2.63. The molecule has 20 heavy (non-hydrogen) atoms. The molecule has 110 valence electrons. The lowest BCUT2D eigenvalue weighted by Gasteiger charge is -2.26. The first-order valence-corrected chi connectivity index (χ1v) is 6.14. The number of benzene rings is 1. The Bertz CT molecular complexity index is 511. The molecular weight excluding hydrogens is 289 g/mol. The predicted molar refractivity (Wildman–Crippen MR) is 73.1 cm³/mol. The summed E-state index contributed by atoms with van der Waals surface area (Å²) in [7, 11) is 3.01. The van der Waals surface area contributed by atoms with E-state index in [1.165, 1.54) is 31.1 Å². The molecule has 1 aromatic carbocycles. The van der Waals surface area contributed by atoms with Crippen LogP contribution in [0.2, 0.25) is 5.02 Å². The van der Waals surface area contributed by atoms with E-state index in [0.29, 0.717) is 0 Å². The standard InChI is InChI=1S/C12H15ClFN3O3/c1-4-20-11(18)15-17(12(19)16(2)3)8-5-6-10(14)9(13)7-8/h5-7H,4H2,1-3H3,(H,15,18). The highest BCUT2D eigenvalue weighted by atomic mass is 35.5. The number of anilines is 1. The summed E-state index contributed by atoms with van der Waals surface area (Å²) in [6, 6.07) is 3.10. The molecule has 0 spiro atoms. The molecule has 0 bridgehead atoms. The van der Waals surface area contributed by atoms with Gasteiger partial charge in [0.05, 0.1) is 17.3 Å². The maximum Gasteiger partial charge on any atom is 0.426 e. The van der Waals surface area contributed by atoms with Crippen LogP contribution in [0.4, 0.5) is 19.7 Å². The number of halogens is 2. The highest BCUT2D eigenvalue weighted by molar-refractivity contribution is 6.31. The Kier molecular flexibility index (Phi) is 5.57. The van der Waals surface area contributed by atoms with Crippen LogP contribution in [0.5, 0.6) is 0 Å². The van der Waals surface area contributed by atoms with Crippen molar-refractivity contribution in [1.82, 2.24) is 10.3 Å². The molecule has 0 atom stereocenters. The highest BCUT2D eigenvalue weighted by Crippen LogP contribution is 2.22. The lowest BCUT2D eigenvalue weighted by Crippen LogP contribution is -2.50. The number of carbonyl (C=O) groups excluding carboxylic acids is 2. The minimum Gasteiger partial charge on any atom is -0.449 e. The summed E-state index contributed by atoms with van der Waals surface area (Å²) in [5.41, 5.74) is 2.47. The number of carbonyl (C=O) groups is 2. The minimum absolute atomic E-state index is 0.153. The van der Waals surface area contributed by atoms with Crippen LogP contribution >= 0.6 is 11.6 Å². The van der Waals surface area contributed by atoms with Crippen molar-refractivity contribution in [1.29, 1.82) is 0 Å². The van der Waals surface area contributed by atoms with Gasteiger partial charge in [0, 0.05) is 14.1 Å². The van der Waals surface area contributed by atoms with Gasteiger partial charge in [0.2, 0.25) is 0 Å². The maximum atomic E-state index is 13.1. The molecule has 0 saturated heterocycles. The van der Waals surface area contributed by atoms with Crippen molar-refractivity contribution in [2.24, 2.45) is 0 Å². The monoisotopic (exact) mass is 303 g/mol. The molecule has 6 nitrogen and oxygen atoms in total. The Morgan fingerprint density at radius 3 is 2.55 bits per heavy atom. The molecule has 1 aromatic rings. The molecule has 0 aliphatic heterocycles. The van der Waals surface area contributed by atoms with Crippen molar-refractivity contribution in [3.05, 3.63) is 29.0 Å². The smallest absolute Gasteiger partial charge is 0.426 e. The van der Waals surface area contributed by atoms with Crippen molar-refractivity contribution in [3.63, 3.8) is 0 Å². The molecule has 1 rings (SSSR count). The van der Waals surface area contributed by atoms with Gasteiger partial charge in [0.25, 0.3) is 0 Å². The Balaban J connectivity index is 3.06. The number of amides is 3. The molecule has 1 N–H and O–H groups in total. The van der Waals surface area contributed by atoms with Crippen LogP contribution in [-0.2, 0) is 4.74 Å². The zero-order valence-electron chi connectivity index (χ0n) is 11.3. The Morgan fingerprint density at radius 2 is 2.05 bits per heavy atom. The summed E-state index contributed by atoms with van der Waals surface area (Å²) in [5.74, 6) is -0.621. The summed E-state index contributed by atoms with van der Waals surface area (Å²) in [5, 5.41) is 0.758. The SMILES string of the molecule is CCOC(=O)NN(C(=O)N(C)C)c1ccc(F)c(Cl)c1. The second kappa shape index (κ2) is 6.95. The topological polar surface area (TPSA) is 61.9 Å². The number of nitrogens with one attached hydrogen (secondary N) is 1. The van der Waals surface area contributed by atoms with Gasteiger partial charge in [-0.1, -0.05) is 11.6 Å². The van der Waals surface area contributed by atoms with Crippen molar-refractivity contribution in [3.8, 4) is 0 Å². The largest absolute Gasteiger partial charge is 0.449 e. The van der Waals surface area contributed by atoms with E-state index in [2.05, 4.69) is 5.43 Å². The third-order valence-electron chi connectivity index (χ3n) is 2.21. The van der Waals surface area contributed by atoms with E-state index >= 15 is 0 Å². The Labute approximate surface area is 121 Å². The van der Waals surface area contributed by atoms with Crippen LogP contribution in [0.25, 0.3) is 0 Å². The number of nitrogens with zero attached hydrogens (tertiary/aromatic N) is 2. The van der Waals surface area contributed by atoms with E-state index in [0.717, 1.165) is 11.1 Å². The third-order valence-corrected chi connectivity index (χ3v) is 2.50. The van der Waals surface area contributed by atoms with Gasteiger partial charge >= 0.3 is 12.1 Å². The number of hydrogen-bond donors (Lipinski definition) is 1. The molecule has 0 unspecified atom stereocenters. The van der Waals surface area contributed by atoms with Gasteiger partial charge in [-0.15, -0.1) is 0 Å². The molecule has 0 aliphatic carbocycles. The second-order valence-corrected chi connectivity index (χ2v) is 4.35. The summed E-state index contributed by atoms with van der Waals surface area (Å²) in [6.07, 6.45) is -0.803. The van der Waals surface area contributed by atoms with E-state index < -0.39 is 17.9 Å². The molecular formula is C12H15ClFN3O3. The first-order chi connectivity index (χ1) is 9.36. The lowest BCUT2D eigenvalue weighted by atomic mass is 10.3. The Hall–Kier alpha value is -2.02. The molecule has 8 heteroatoms. The zero-order chi connectivity index (χ0) is 15.3. The van der Waals surface area contributed by atoms with Crippen molar-refractivity contribution >= 4 is 29.4 Å². The van der Waals surface area contributed by atoms with Crippen LogP contribution in [-0.4, -0.2) is 37.7 Å². The fraction of sp³-hybridized carbons (Fsp3) is 0.333. The minimum atomic E-state index is -0.803. The first kappa shape index (κ1) is 16.0.